The molecule has 2 aromatic carbocycles. The molecule has 0 spiro atoms. The number of ketones is 1. The average Bonchev–Trinajstić information content (AvgIpc) is 2.90. The van der Waals surface area contributed by atoms with Gasteiger partial charge in [-0.1, -0.05) is 54.6 Å². The third-order valence-electron chi connectivity index (χ3n) is 3.78. The molecule has 0 radical (unpaired) electrons. The number of aromatic carboxylic acids is 1. The van der Waals surface area contributed by atoms with Gasteiger partial charge in [0.1, 0.15) is 5.75 Å². The molecule has 10 heteroatoms. The minimum atomic E-state index is -4.13. The van der Waals surface area contributed by atoms with Gasteiger partial charge in [0.2, 0.25) is 17.4 Å². The number of carboxylic acids is 1. The smallest absolute Gasteiger partial charge is 0.545 e. The van der Waals surface area contributed by atoms with E-state index in [1.54, 1.807) is 30.3 Å². The molecule has 0 saturated carbocycles. The molecule has 0 amide bonds. The topological polar surface area (TPSA) is 136 Å². The predicted molar refractivity (Wildman–Crippen MR) is 91.0 cm³/mol. The van der Waals surface area contributed by atoms with Crippen molar-refractivity contribution in [2.75, 3.05) is 0 Å². The monoisotopic (exact) mass is 427 g/mol. The normalized spacial score (nSPS) is 16.3. The van der Waals surface area contributed by atoms with Crippen LogP contribution < -0.4 is 62.2 Å². The van der Waals surface area contributed by atoms with Gasteiger partial charge in [-0.2, -0.15) is 8.42 Å². The van der Waals surface area contributed by atoms with Crippen LogP contribution in [-0.2, 0) is 29.6 Å². The second kappa shape index (κ2) is 9.20. The van der Waals surface area contributed by atoms with E-state index in [2.05, 4.69) is 0 Å². The number of carbonyl (C=O) groups excluding carboxylic acids is 2. The van der Waals surface area contributed by atoms with Crippen molar-refractivity contribution >= 4 is 21.9 Å². The maximum Gasteiger partial charge on any atom is 1.00 e. The molecule has 1 aliphatic rings. The van der Waals surface area contributed by atoms with Crippen LogP contribution in [0, 0.1) is 0 Å². The number of nitrogens with two attached hydrogens (primary N) is 1. The largest absolute Gasteiger partial charge is 1.00 e. The van der Waals surface area contributed by atoms with Gasteiger partial charge in [-0.25, -0.2) is 0 Å². The summed E-state index contributed by atoms with van der Waals surface area (Å²) in [5.41, 5.74) is 6.32. The van der Waals surface area contributed by atoms with Crippen LogP contribution in [0.15, 0.2) is 66.2 Å². The van der Waals surface area contributed by atoms with E-state index >= 15 is 0 Å². The number of carboxylic acid groups (broad SMARTS) is 1. The van der Waals surface area contributed by atoms with Crippen LogP contribution in [-0.4, -0.2) is 20.2 Å². The molecule has 0 saturated heterocycles. The number of Topliss-reactive ketones (excluding diaryl/α,β-unsaturated/α-hetero) is 1. The van der Waals surface area contributed by atoms with E-state index in [4.69, 9.17) is 14.7 Å². The van der Waals surface area contributed by atoms with E-state index in [1.165, 1.54) is 24.3 Å². The molecule has 1 atom stereocenters. The molecule has 2 aromatic rings. The maximum atomic E-state index is 12.5. The molecule has 140 valence electrons. The number of rotatable bonds is 6. The zero-order valence-corrected chi connectivity index (χ0v) is 18.8. The summed E-state index contributed by atoms with van der Waals surface area (Å²) in [7, 11) is -4.13. The van der Waals surface area contributed by atoms with Gasteiger partial charge in [-0.05, 0) is 11.1 Å². The summed E-state index contributed by atoms with van der Waals surface area (Å²) in [6.45, 7) is 0. The van der Waals surface area contributed by atoms with E-state index in [0.29, 0.717) is 11.1 Å². The Hall–Kier alpha value is -1.69. The number of benzene rings is 2. The van der Waals surface area contributed by atoms with E-state index in [1.807, 2.05) is 0 Å². The first kappa shape index (κ1) is 22.6. The molecule has 1 unspecified atom stereocenters. The Bertz CT molecular complexity index is 1020. The van der Waals surface area contributed by atoms with Gasteiger partial charge in [0.25, 0.3) is 0 Å². The second-order valence-corrected chi connectivity index (χ2v) is 7.31. The van der Waals surface area contributed by atoms with Crippen molar-refractivity contribution in [1.29, 1.82) is 0 Å². The fourth-order valence-electron chi connectivity index (χ4n) is 2.50. The van der Waals surface area contributed by atoms with Crippen molar-refractivity contribution in [2.45, 2.75) is 11.9 Å². The van der Waals surface area contributed by atoms with Crippen LogP contribution in [0.25, 0.3) is 0 Å². The number of ether oxygens (including phenoxy) is 1. The van der Waals surface area contributed by atoms with Gasteiger partial charge in [-0.3, -0.25) is 4.79 Å². The Morgan fingerprint density at radius 3 is 2.29 bits per heavy atom. The number of hydrogen-bond donors (Lipinski definition) is 1. The number of carbonyl (C=O) groups is 2. The molecule has 0 aromatic heterocycles. The molecule has 2 N–H and O–H groups in total. The Morgan fingerprint density at radius 1 is 1.11 bits per heavy atom. The zero-order chi connectivity index (χ0) is 19.6. The molecule has 8 nitrogen and oxygen atoms in total. The summed E-state index contributed by atoms with van der Waals surface area (Å²) in [6.07, 6.45) is -1.22. The first-order valence-electron chi connectivity index (χ1n) is 7.75. The average molecular weight is 427 g/mol. The van der Waals surface area contributed by atoms with E-state index in [0.717, 1.165) is 0 Å². The summed E-state index contributed by atoms with van der Waals surface area (Å²) >= 11 is 0. The van der Waals surface area contributed by atoms with Gasteiger partial charge < -0.3 is 24.6 Å². The van der Waals surface area contributed by atoms with Crippen LogP contribution >= 0.6 is 0 Å². The SMILES string of the molecule is NC1=C(OS(=O)(=O)Cc2ccccc2)C(=O)C(c2ccc(C(=O)[O-])cc2)O1.[K+]. The van der Waals surface area contributed by atoms with Gasteiger partial charge in [0.05, 0.1) is 5.97 Å². The van der Waals surface area contributed by atoms with Crippen molar-refractivity contribution in [2.24, 2.45) is 5.73 Å². The molecule has 0 aliphatic carbocycles. The molecular weight excluding hydrogens is 413 g/mol. The Kier molecular flexibility index (Phi) is 7.43. The molecule has 0 fully saturated rings. The molecule has 28 heavy (non-hydrogen) atoms. The minimum Gasteiger partial charge on any atom is -0.545 e. The first-order chi connectivity index (χ1) is 12.8. The van der Waals surface area contributed by atoms with Gasteiger partial charge in [0.15, 0.2) is 6.10 Å². The number of hydrogen-bond acceptors (Lipinski definition) is 8. The van der Waals surface area contributed by atoms with Crippen LogP contribution in [0.2, 0.25) is 0 Å². The zero-order valence-electron chi connectivity index (χ0n) is 14.8. The quantitative estimate of drug-likeness (QED) is 0.391. The third kappa shape index (κ3) is 5.22. The predicted octanol–water partition coefficient (Wildman–Crippen LogP) is -2.63. The molecule has 0 bridgehead atoms. The summed E-state index contributed by atoms with van der Waals surface area (Å²) in [5, 5.41) is 10.8. The summed E-state index contributed by atoms with van der Waals surface area (Å²) < 4.78 is 34.5. The summed E-state index contributed by atoms with van der Waals surface area (Å²) in [5.74, 6) is -3.63. The fourth-order valence-corrected chi connectivity index (χ4v) is 3.58. The maximum absolute atomic E-state index is 12.5. The van der Waals surface area contributed by atoms with Crippen LogP contribution in [0.3, 0.4) is 0 Å². The Labute approximate surface area is 203 Å². The van der Waals surface area contributed by atoms with Gasteiger partial charge in [0, 0.05) is 5.56 Å². The van der Waals surface area contributed by atoms with E-state index in [9.17, 15) is 23.1 Å². The third-order valence-corrected chi connectivity index (χ3v) is 4.88. The van der Waals surface area contributed by atoms with Crippen molar-refractivity contribution < 1.29 is 83.4 Å². The molecule has 1 aliphatic heterocycles. The van der Waals surface area contributed by atoms with E-state index in [-0.39, 0.29) is 56.9 Å². The van der Waals surface area contributed by atoms with Crippen LogP contribution in [0.1, 0.15) is 27.6 Å². The van der Waals surface area contributed by atoms with Crippen molar-refractivity contribution in [3.05, 3.63) is 82.9 Å². The van der Waals surface area contributed by atoms with Crippen LogP contribution in [0.4, 0.5) is 0 Å². The van der Waals surface area contributed by atoms with Gasteiger partial charge in [-0.15, -0.1) is 0 Å². The second-order valence-electron chi connectivity index (χ2n) is 5.74. The Balaban J connectivity index is 0.00000280. The van der Waals surface area contributed by atoms with E-state index < -0.39 is 45.4 Å². The molecule has 3 rings (SSSR count). The van der Waals surface area contributed by atoms with Crippen LogP contribution in [0.5, 0.6) is 0 Å². The van der Waals surface area contributed by atoms with Crippen molar-refractivity contribution in [3.8, 4) is 0 Å². The van der Waals surface area contributed by atoms with Crippen molar-refractivity contribution in [1.82, 2.24) is 0 Å². The standard InChI is InChI=1S/C18H15NO7S.K/c19-17-16(26-27(23,24)10-11-4-2-1-3-5-11)14(20)15(25-17)12-6-8-13(9-7-12)18(21)22;/h1-9,15H,10,19H2,(H,21,22);/q;+1/p-1. The first-order valence-corrected chi connectivity index (χ1v) is 9.32. The Morgan fingerprint density at radius 2 is 1.71 bits per heavy atom. The molecule has 1 heterocycles. The minimum absolute atomic E-state index is 0. The fraction of sp³-hybridized carbons (Fsp3) is 0.111. The summed E-state index contributed by atoms with van der Waals surface area (Å²) in [6, 6.07) is 13.5. The van der Waals surface area contributed by atoms with Gasteiger partial charge >= 0.3 is 61.5 Å². The molecular formula is C18H14KNO7S. The summed E-state index contributed by atoms with van der Waals surface area (Å²) in [4.78, 5) is 23.3. The van der Waals surface area contributed by atoms with Crippen molar-refractivity contribution in [3.63, 3.8) is 0 Å².